The van der Waals surface area contributed by atoms with E-state index in [1.807, 2.05) is 36.2 Å². The van der Waals surface area contributed by atoms with Crippen molar-refractivity contribution in [3.05, 3.63) is 65.4 Å². The number of hydrogen-bond donors (Lipinski definition) is 1. The molecule has 1 amide bonds. The predicted octanol–water partition coefficient (Wildman–Crippen LogP) is 2.83. The Morgan fingerprint density at radius 3 is 2.44 bits per heavy atom. The average molecular weight is 484 g/mol. The average Bonchev–Trinajstić information content (AvgIpc) is 3.41. The Hall–Kier alpha value is -3.17. The molecule has 0 atom stereocenters. The van der Waals surface area contributed by atoms with Crippen LogP contribution in [-0.4, -0.2) is 51.2 Å². The largest absolute Gasteiger partial charge is 0.485 e. The molecule has 2 aliphatic rings. The Morgan fingerprint density at radius 2 is 1.79 bits per heavy atom. The Labute approximate surface area is 200 Å². The highest BCUT2D eigenvalue weighted by molar-refractivity contribution is 7.89. The van der Waals surface area contributed by atoms with E-state index in [9.17, 15) is 18.0 Å². The highest BCUT2D eigenvalue weighted by Crippen LogP contribution is 2.46. The Bertz CT molecular complexity index is 1280. The molecule has 2 N–H and O–H groups in total. The number of sulfonamides is 1. The molecule has 180 valence electrons. The highest BCUT2D eigenvalue weighted by atomic mass is 32.2. The molecule has 8 nitrogen and oxygen atoms in total. The monoisotopic (exact) mass is 483 g/mol. The normalized spacial score (nSPS) is 18.8. The Morgan fingerprint density at radius 1 is 1.12 bits per heavy atom. The predicted molar refractivity (Wildman–Crippen MR) is 129 cm³/mol. The minimum atomic E-state index is -3.72. The minimum absolute atomic E-state index is 0.0175. The number of amides is 1. The maximum atomic E-state index is 12.8. The van der Waals surface area contributed by atoms with E-state index in [4.69, 9.17) is 10.5 Å². The van der Waals surface area contributed by atoms with Crippen molar-refractivity contribution in [1.29, 1.82) is 0 Å². The number of primary amides is 1. The van der Waals surface area contributed by atoms with E-state index >= 15 is 0 Å². The molecule has 1 fully saturated rings. The van der Waals surface area contributed by atoms with Crippen molar-refractivity contribution in [1.82, 2.24) is 4.31 Å². The van der Waals surface area contributed by atoms with Gasteiger partial charge in [-0.1, -0.05) is 32.0 Å². The van der Waals surface area contributed by atoms with E-state index in [1.165, 1.54) is 22.5 Å². The summed E-state index contributed by atoms with van der Waals surface area (Å²) in [5, 5.41) is 0. The van der Waals surface area contributed by atoms with Gasteiger partial charge in [0.1, 0.15) is 5.75 Å². The van der Waals surface area contributed by atoms with Gasteiger partial charge in [-0.15, -0.1) is 0 Å². The standard InChI is InChI=1S/C25H29N3O5S/c1-25(2)20-8-4-5-9-21(20)27(3)23(25)14-17(29)16-33-22-11-10-18(15-19(22)24(26)30)34(31,32)28-12-6-7-13-28/h4-5,8-11,14-15H,6-7,12-13,16H2,1-3H3,(H2,26,30)/b23-14-. The third-order valence-corrected chi connectivity index (χ3v) is 8.42. The van der Waals surface area contributed by atoms with Crippen LogP contribution in [0.4, 0.5) is 5.69 Å². The number of rotatable bonds is 7. The van der Waals surface area contributed by atoms with Crippen LogP contribution in [0.2, 0.25) is 0 Å². The fraction of sp³-hybridized carbons (Fsp3) is 0.360. The molecule has 2 aliphatic heterocycles. The Balaban J connectivity index is 1.53. The number of nitrogens with two attached hydrogens (primary N) is 1. The molecule has 4 rings (SSSR count). The van der Waals surface area contributed by atoms with Gasteiger partial charge < -0.3 is 15.4 Å². The van der Waals surface area contributed by atoms with Gasteiger partial charge in [0.2, 0.25) is 10.0 Å². The number of anilines is 1. The molecule has 34 heavy (non-hydrogen) atoms. The van der Waals surface area contributed by atoms with Crippen LogP contribution >= 0.6 is 0 Å². The van der Waals surface area contributed by atoms with Gasteiger partial charge in [0, 0.05) is 43.0 Å². The molecule has 2 aromatic carbocycles. The van der Waals surface area contributed by atoms with Gasteiger partial charge in [-0.2, -0.15) is 4.31 Å². The van der Waals surface area contributed by atoms with Crippen molar-refractivity contribution in [2.75, 3.05) is 31.6 Å². The first-order chi connectivity index (χ1) is 16.0. The van der Waals surface area contributed by atoms with Crippen LogP contribution in [0.15, 0.2) is 59.1 Å². The molecule has 0 aliphatic carbocycles. The second kappa shape index (κ2) is 8.88. The summed E-state index contributed by atoms with van der Waals surface area (Å²) < 4.78 is 32.7. The number of nitrogens with zero attached hydrogens (tertiary/aromatic N) is 2. The molecule has 0 aromatic heterocycles. The zero-order valence-electron chi connectivity index (χ0n) is 19.6. The van der Waals surface area contributed by atoms with Crippen LogP contribution in [-0.2, 0) is 20.2 Å². The van der Waals surface area contributed by atoms with Gasteiger partial charge in [-0.25, -0.2) is 8.42 Å². The fourth-order valence-electron chi connectivity index (χ4n) is 4.67. The fourth-order valence-corrected chi connectivity index (χ4v) is 6.21. The summed E-state index contributed by atoms with van der Waals surface area (Å²) >= 11 is 0. The lowest BCUT2D eigenvalue weighted by atomic mass is 9.83. The first-order valence-corrected chi connectivity index (χ1v) is 12.6. The van der Waals surface area contributed by atoms with Gasteiger partial charge in [-0.05, 0) is 42.7 Å². The molecule has 0 bridgehead atoms. The van der Waals surface area contributed by atoms with Gasteiger partial charge in [-0.3, -0.25) is 9.59 Å². The number of carbonyl (C=O) groups excluding carboxylic acids is 2. The second-order valence-electron chi connectivity index (χ2n) is 9.12. The highest BCUT2D eigenvalue weighted by Gasteiger charge is 2.38. The lowest BCUT2D eigenvalue weighted by Crippen LogP contribution is -2.28. The maximum Gasteiger partial charge on any atom is 0.252 e. The number of ether oxygens (including phenoxy) is 1. The van der Waals surface area contributed by atoms with Crippen LogP contribution in [0, 0.1) is 0 Å². The van der Waals surface area contributed by atoms with E-state index < -0.39 is 15.9 Å². The van der Waals surface area contributed by atoms with E-state index in [1.54, 1.807) is 6.08 Å². The number of benzene rings is 2. The summed E-state index contributed by atoms with van der Waals surface area (Å²) in [5.74, 6) is -1.04. The van der Waals surface area contributed by atoms with Crippen molar-refractivity contribution < 1.29 is 22.7 Å². The van der Waals surface area contributed by atoms with E-state index in [0.717, 1.165) is 29.8 Å². The number of carbonyl (C=O) groups is 2. The van der Waals surface area contributed by atoms with Gasteiger partial charge in [0.05, 0.1) is 10.5 Å². The SMILES string of the molecule is CN1/C(=C\C(=O)COc2ccc(S(=O)(=O)N3CCCC3)cc2C(N)=O)C(C)(C)c2ccccc21. The van der Waals surface area contributed by atoms with Crippen LogP contribution in [0.3, 0.4) is 0 Å². The molecule has 0 saturated carbocycles. The van der Waals surface area contributed by atoms with Crippen molar-refractivity contribution in [2.24, 2.45) is 5.73 Å². The number of allylic oxidation sites excluding steroid dienone is 1. The lowest BCUT2D eigenvalue weighted by Gasteiger charge is -2.24. The number of ketones is 1. The number of likely N-dealkylation sites (N-methyl/N-ethyl adjacent to an activating group) is 1. The summed E-state index contributed by atoms with van der Waals surface area (Å²) in [6.45, 7) is 4.69. The third-order valence-electron chi connectivity index (χ3n) is 6.53. The number of para-hydroxylation sites is 1. The summed E-state index contributed by atoms with van der Waals surface area (Å²) in [4.78, 5) is 26.8. The summed E-state index contributed by atoms with van der Waals surface area (Å²) in [6, 6.07) is 12.0. The summed E-state index contributed by atoms with van der Waals surface area (Å²) in [7, 11) is -1.80. The van der Waals surface area contributed by atoms with E-state index in [2.05, 4.69) is 13.8 Å². The molecule has 2 aromatic rings. The third kappa shape index (κ3) is 4.21. The van der Waals surface area contributed by atoms with Crippen LogP contribution < -0.4 is 15.4 Å². The molecule has 0 spiro atoms. The van der Waals surface area contributed by atoms with Crippen molar-refractivity contribution in [3.8, 4) is 5.75 Å². The molecule has 1 saturated heterocycles. The molecular formula is C25H29N3O5S. The maximum absolute atomic E-state index is 12.8. The van der Waals surface area contributed by atoms with Gasteiger partial charge >= 0.3 is 0 Å². The first-order valence-electron chi connectivity index (χ1n) is 11.2. The molecular weight excluding hydrogens is 454 g/mol. The Kier molecular flexibility index (Phi) is 6.26. The van der Waals surface area contributed by atoms with Crippen molar-refractivity contribution in [2.45, 2.75) is 37.0 Å². The first kappa shape index (κ1) is 24.0. The molecule has 0 unspecified atom stereocenters. The van der Waals surface area contributed by atoms with E-state index in [-0.39, 0.29) is 34.0 Å². The molecule has 9 heteroatoms. The quantitative estimate of drug-likeness (QED) is 0.607. The second-order valence-corrected chi connectivity index (χ2v) is 11.1. The zero-order chi connectivity index (χ0) is 24.7. The molecule has 0 radical (unpaired) electrons. The van der Waals surface area contributed by atoms with Gasteiger partial charge in [0.25, 0.3) is 5.91 Å². The van der Waals surface area contributed by atoms with Crippen LogP contribution in [0.25, 0.3) is 0 Å². The van der Waals surface area contributed by atoms with Crippen LogP contribution in [0.5, 0.6) is 5.75 Å². The smallest absolute Gasteiger partial charge is 0.252 e. The van der Waals surface area contributed by atoms with E-state index in [0.29, 0.717) is 13.1 Å². The number of fused-ring (bicyclic) bond motifs is 1. The topological polar surface area (TPSA) is 110 Å². The zero-order valence-corrected chi connectivity index (χ0v) is 20.4. The molecule has 2 heterocycles. The minimum Gasteiger partial charge on any atom is -0.485 e. The van der Waals surface area contributed by atoms with Crippen LogP contribution in [0.1, 0.15) is 42.6 Å². The summed E-state index contributed by atoms with van der Waals surface area (Å²) in [6.07, 6.45) is 3.16. The van der Waals surface area contributed by atoms with Crippen molar-refractivity contribution in [3.63, 3.8) is 0 Å². The number of hydrogen-bond acceptors (Lipinski definition) is 6. The van der Waals surface area contributed by atoms with Gasteiger partial charge in [0.15, 0.2) is 12.4 Å². The van der Waals surface area contributed by atoms with Crippen molar-refractivity contribution >= 4 is 27.4 Å². The lowest BCUT2D eigenvalue weighted by molar-refractivity contribution is -0.116. The summed E-state index contributed by atoms with van der Waals surface area (Å²) in [5.41, 5.74) is 8.06.